The van der Waals surface area contributed by atoms with E-state index < -0.39 is 245 Å². The lowest BCUT2D eigenvalue weighted by molar-refractivity contribution is -0.147. The number of rotatable bonds is 42. The van der Waals surface area contributed by atoms with Crippen molar-refractivity contribution in [2.45, 2.75) is 144 Å². The van der Waals surface area contributed by atoms with Crippen LogP contribution < -0.4 is 59.3 Å². The summed E-state index contributed by atoms with van der Waals surface area (Å²) in [5, 5.41) is 116. The number of carbonyl (C=O) groups excluding carboxylic acids is 10. The number of carboxylic acids is 7. The van der Waals surface area contributed by atoms with Gasteiger partial charge >= 0.3 is 41.8 Å². The molecule has 3 rings (SSSR count). The zero-order valence-corrected chi connectivity index (χ0v) is 50.5. The standard InChI is InChI=1S/C58H71N11O27/c59-32(22-42(60)73)49(86)61-33(13-16-43(74)75)50(87)67-39(23-46(80)81)56(93)65-37(20-27-3-9-30(71)10-4-27)54(91)63-35(15-18-45(78)79)52(89)68-40(24-47(82)83)57(94)66-36(19-26-1-7-29(70)8-2-26)53(90)62-34(14-17-44(76)77)51(88)64-38(21-28-5-11-31(72)12-6-28)55(92)69-41(58(95)96)25-48(84)85/h1-12,32-41,70-72H,13-25,59H2,(H2,60,73)(H,61,86)(H,62,90)(H,63,91)(H,64,88)(H,65,93)(H,66,94)(H,67,87)(H,68,89)(H,69,92)(H,74,75)(H,76,77)(H,78,79)(H,80,81)(H,82,83)(H,84,85)(H,95,96)/t32-,33-,34-,35-,36-,37-,38-,39-,40-,41-/m0/s1. The van der Waals surface area contributed by atoms with E-state index in [0.717, 1.165) is 24.3 Å². The summed E-state index contributed by atoms with van der Waals surface area (Å²) >= 11 is 0. The number of hydrogen-bond acceptors (Lipinski definition) is 21. The Kier molecular flexibility index (Phi) is 31.1. The van der Waals surface area contributed by atoms with Crippen LogP contribution in [-0.4, -0.2) is 212 Å². The van der Waals surface area contributed by atoms with E-state index in [2.05, 4.69) is 31.9 Å². The molecular weight excluding hydrogens is 1280 g/mol. The van der Waals surface area contributed by atoms with E-state index in [0.29, 0.717) is 0 Å². The molecule has 0 radical (unpaired) electrons. The molecule has 38 nitrogen and oxygen atoms in total. The minimum Gasteiger partial charge on any atom is -0.508 e. The van der Waals surface area contributed by atoms with Gasteiger partial charge in [-0.3, -0.25) is 76.7 Å². The van der Waals surface area contributed by atoms with E-state index in [1.807, 2.05) is 16.0 Å². The van der Waals surface area contributed by atoms with Crippen molar-refractivity contribution in [3.05, 3.63) is 89.5 Å². The Balaban J connectivity index is 2.07. The third kappa shape index (κ3) is 28.7. The molecule has 0 aliphatic carbocycles. The lowest BCUT2D eigenvalue weighted by Gasteiger charge is -2.28. The molecule has 0 spiro atoms. The van der Waals surface area contributed by atoms with E-state index >= 15 is 0 Å². The Hall–Kier alpha value is -12.0. The first-order valence-electron chi connectivity index (χ1n) is 28.6. The zero-order valence-electron chi connectivity index (χ0n) is 50.5. The number of nitrogens with two attached hydrogens (primary N) is 2. The normalized spacial score (nSPS) is 13.9. The first-order chi connectivity index (χ1) is 45.0. The smallest absolute Gasteiger partial charge is 0.326 e. The monoisotopic (exact) mass is 1350 g/mol. The van der Waals surface area contributed by atoms with Gasteiger partial charge in [0, 0.05) is 38.5 Å². The number of carboxylic acid groups (broad SMARTS) is 7. The summed E-state index contributed by atoms with van der Waals surface area (Å²) in [4.78, 5) is 220. The van der Waals surface area contributed by atoms with Crippen molar-refractivity contribution in [1.29, 1.82) is 0 Å². The molecule has 10 atom stereocenters. The minimum absolute atomic E-state index is 0.114. The molecule has 96 heavy (non-hydrogen) atoms. The Morgan fingerprint density at radius 2 is 0.510 bits per heavy atom. The van der Waals surface area contributed by atoms with Gasteiger partial charge in [0.25, 0.3) is 0 Å². The summed E-state index contributed by atoms with van der Waals surface area (Å²) in [6.07, 6.45) is -11.3. The van der Waals surface area contributed by atoms with Gasteiger partial charge in [0.2, 0.25) is 59.1 Å². The van der Waals surface area contributed by atoms with Crippen LogP contribution in [0.2, 0.25) is 0 Å². The number of nitrogens with one attached hydrogen (secondary N) is 9. The van der Waals surface area contributed by atoms with Crippen molar-refractivity contribution in [2.24, 2.45) is 11.5 Å². The van der Waals surface area contributed by atoms with Crippen LogP contribution >= 0.6 is 0 Å². The van der Waals surface area contributed by atoms with Crippen LogP contribution in [-0.2, 0) is 101 Å². The van der Waals surface area contributed by atoms with E-state index in [-0.39, 0.29) is 33.9 Å². The summed E-state index contributed by atoms with van der Waals surface area (Å²) in [5.74, 6) is -26.1. The zero-order chi connectivity index (χ0) is 72.1. The number of amides is 10. The lowest BCUT2D eigenvalue weighted by Crippen LogP contribution is -2.61. The van der Waals surface area contributed by atoms with Gasteiger partial charge < -0.3 is 110 Å². The van der Waals surface area contributed by atoms with Crippen LogP contribution in [0.4, 0.5) is 0 Å². The molecule has 10 amide bonds. The average molecular weight is 1350 g/mol. The molecule has 0 aliphatic rings. The number of phenols is 3. The molecule has 3 aromatic rings. The van der Waals surface area contributed by atoms with E-state index in [1.165, 1.54) is 48.5 Å². The fraction of sp³-hybridized carbons (Fsp3) is 0.397. The van der Waals surface area contributed by atoms with Crippen LogP contribution in [0.5, 0.6) is 17.2 Å². The molecule has 520 valence electrons. The third-order valence-electron chi connectivity index (χ3n) is 13.6. The molecule has 0 aromatic heterocycles. The van der Waals surface area contributed by atoms with E-state index in [4.69, 9.17) is 11.5 Å². The van der Waals surface area contributed by atoms with Crippen LogP contribution in [0.1, 0.15) is 80.9 Å². The number of carbonyl (C=O) groups is 17. The van der Waals surface area contributed by atoms with Gasteiger partial charge in [-0.25, -0.2) is 4.79 Å². The average Bonchev–Trinajstić information content (AvgIpc) is 0.865. The second kappa shape index (κ2) is 38.1. The Labute approximate surface area is 541 Å². The maximum Gasteiger partial charge on any atom is 0.326 e. The van der Waals surface area contributed by atoms with Crippen molar-refractivity contribution < 1.29 is 133 Å². The third-order valence-corrected chi connectivity index (χ3v) is 13.6. The first-order valence-corrected chi connectivity index (χ1v) is 28.6. The van der Waals surface area contributed by atoms with Gasteiger partial charge in [0.05, 0.1) is 31.7 Å². The molecule has 3 aromatic carbocycles. The highest BCUT2D eigenvalue weighted by Gasteiger charge is 2.38. The van der Waals surface area contributed by atoms with E-state index in [9.17, 15) is 133 Å². The van der Waals surface area contributed by atoms with Gasteiger partial charge in [-0.05, 0) is 72.4 Å². The van der Waals surface area contributed by atoms with Gasteiger partial charge in [-0.15, -0.1) is 0 Å². The maximum atomic E-state index is 14.4. The predicted molar refractivity (Wildman–Crippen MR) is 320 cm³/mol. The number of hydrogen-bond donors (Lipinski definition) is 21. The number of primary amides is 1. The molecule has 0 fully saturated rings. The van der Waals surface area contributed by atoms with Crippen molar-refractivity contribution in [3.8, 4) is 17.2 Å². The highest BCUT2D eigenvalue weighted by atomic mass is 16.4. The quantitative estimate of drug-likeness (QED) is 0.0252. The number of aliphatic carboxylic acids is 7. The lowest BCUT2D eigenvalue weighted by atomic mass is 10.0. The summed E-state index contributed by atoms with van der Waals surface area (Å²) < 4.78 is 0. The molecule has 0 bridgehead atoms. The van der Waals surface area contributed by atoms with Gasteiger partial charge in [0.1, 0.15) is 71.6 Å². The molecule has 23 N–H and O–H groups in total. The van der Waals surface area contributed by atoms with E-state index in [1.54, 1.807) is 0 Å². The van der Waals surface area contributed by atoms with Crippen molar-refractivity contribution in [1.82, 2.24) is 47.9 Å². The van der Waals surface area contributed by atoms with Gasteiger partial charge in [-0.2, -0.15) is 0 Å². The van der Waals surface area contributed by atoms with Gasteiger partial charge in [-0.1, -0.05) is 36.4 Å². The molecule has 38 heteroatoms. The fourth-order valence-electron chi connectivity index (χ4n) is 8.75. The molecule has 0 heterocycles. The Morgan fingerprint density at radius 1 is 0.292 bits per heavy atom. The second-order valence-electron chi connectivity index (χ2n) is 21.4. The van der Waals surface area contributed by atoms with Crippen molar-refractivity contribution in [3.63, 3.8) is 0 Å². The van der Waals surface area contributed by atoms with Crippen molar-refractivity contribution in [2.75, 3.05) is 0 Å². The van der Waals surface area contributed by atoms with Crippen LogP contribution in [0.3, 0.4) is 0 Å². The number of aromatic hydroxyl groups is 3. The Morgan fingerprint density at radius 3 is 0.760 bits per heavy atom. The SMILES string of the molecule is NC(=O)C[C@H](N)C(=O)N[C@@H](CCC(=O)O)C(=O)N[C@@H](CC(=O)O)C(=O)N[C@@H](Cc1ccc(O)cc1)C(=O)N[C@@H](CCC(=O)O)C(=O)N[C@@H](CC(=O)O)C(=O)N[C@@H](Cc1ccc(O)cc1)C(=O)N[C@@H](CCC(=O)O)C(=O)N[C@@H](Cc1ccc(O)cc1)C(=O)N[C@@H](CC(=O)O)C(=O)O. The fourth-order valence-corrected chi connectivity index (χ4v) is 8.75. The summed E-state index contributed by atoms with van der Waals surface area (Å²) in [5.41, 5.74) is 11.2. The van der Waals surface area contributed by atoms with Gasteiger partial charge in [0.15, 0.2) is 0 Å². The molecule has 0 unspecified atom stereocenters. The minimum atomic E-state index is -2.30. The topological polar surface area (TPSA) is 653 Å². The highest BCUT2D eigenvalue weighted by Crippen LogP contribution is 2.17. The summed E-state index contributed by atoms with van der Waals surface area (Å²) in [6, 6.07) is -5.65. The largest absolute Gasteiger partial charge is 0.508 e. The molecule has 0 saturated carbocycles. The van der Waals surface area contributed by atoms with Crippen LogP contribution in [0.15, 0.2) is 72.8 Å². The predicted octanol–water partition coefficient (Wildman–Crippen LogP) is -5.50. The Bertz CT molecular complexity index is 3370. The first kappa shape index (κ1) is 78.3. The second-order valence-corrected chi connectivity index (χ2v) is 21.4. The summed E-state index contributed by atoms with van der Waals surface area (Å²) in [6.45, 7) is 0. The molecule has 0 aliphatic heterocycles. The number of benzene rings is 3. The van der Waals surface area contributed by atoms with Crippen molar-refractivity contribution >= 4 is 101 Å². The van der Waals surface area contributed by atoms with Crippen LogP contribution in [0, 0.1) is 0 Å². The molecule has 0 saturated heterocycles. The summed E-state index contributed by atoms with van der Waals surface area (Å²) in [7, 11) is 0. The molecular formula is C58H71N11O27. The number of phenolic OH excluding ortho intramolecular Hbond substituents is 3. The maximum absolute atomic E-state index is 14.4. The highest BCUT2D eigenvalue weighted by molar-refractivity contribution is 6.00. The van der Waals surface area contributed by atoms with Crippen LogP contribution in [0.25, 0.3) is 0 Å².